The first-order valence-corrected chi connectivity index (χ1v) is 8.60. The number of hydrogen-bond acceptors (Lipinski definition) is 3. The number of sulfonamides is 1. The molecule has 1 unspecified atom stereocenters. The summed E-state index contributed by atoms with van der Waals surface area (Å²) in [5.41, 5.74) is 6.05. The molecule has 0 bridgehead atoms. The first-order chi connectivity index (χ1) is 9.19. The van der Waals surface area contributed by atoms with Crippen LogP contribution in [0.2, 0.25) is 10.0 Å². The molecule has 114 valence electrons. The molecule has 0 heterocycles. The molecule has 0 aliphatic rings. The largest absolute Gasteiger partial charge is 0.326 e. The molecule has 1 aromatic rings. The van der Waals surface area contributed by atoms with E-state index >= 15 is 0 Å². The second-order valence-corrected chi connectivity index (χ2v) is 7.70. The van der Waals surface area contributed by atoms with Crippen molar-refractivity contribution in [3.05, 3.63) is 27.7 Å². The standard InChI is InChI=1S/C13H20Cl2N2O2S/c1-8(2)9(3)7-17-20(18,19)12-5-11(14)4-10(6-16)13(12)15/h4-5,8-9,17H,6-7,16H2,1-3H3. The highest BCUT2D eigenvalue weighted by Crippen LogP contribution is 2.29. The van der Waals surface area contributed by atoms with E-state index in [9.17, 15) is 8.42 Å². The Labute approximate surface area is 130 Å². The van der Waals surface area contributed by atoms with Crippen LogP contribution in [0.15, 0.2) is 17.0 Å². The Hall–Kier alpha value is -0.330. The zero-order valence-corrected chi connectivity index (χ0v) is 14.1. The maximum atomic E-state index is 12.3. The van der Waals surface area contributed by atoms with Gasteiger partial charge < -0.3 is 5.73 Å². The van der Waals surface area contributed by atoms with Gasteiger partial charge in [-0.2, -0.15) is 0 Å². The molecule has 20 heavy (non-hydrogen) atoms. The number of rotatable bonds is 6. The fraction of sp³-hybridized carbons (Fsp3) is 0.538. The van der Waals surface area contributed by atoms with Crippen molar-refractivity contribution in [3.8, 4) is 0 Å². The SMILES string of the molecule is CC(C)C(C)CNS(=O)(=O)c1cc(Cl)cc(CN)c1Cl. The third-order valence-corrected chi connectivity index (χ3v) is 5.55. The minimum absolute atomic E-state index is 0.0249. The molecule has 0 fully saturated rings. The van der Waals surface area contributed by atoms with Crippen molar-refractivity contribution in [3.63, 3.8) is 0 Å². The maximum absolute atomic E-state index is 12.3. The second kappa shape index (κ2) is 7.09. The highest BCUT2D eigenvalue weighted by molar-refractivity contribution is 7.89. The number of benzene rings is 1. The third kappa shape index (κ3) is 4.33. The lowest BCUT2D eigenvalue weighted by atomic mass is 9.99. The van der Waals surface area contributed by atoms with Gasteiger partial charge in [-0.1, -0.05) is 44.0 Å². The molecule has 0 spiro atoms. The molecule has 7 heteroatoms. The number of hydrogen-bond donors (Lipinski definition) is 2. The Morgan fingerprint density at radius 3 is 2.35 bits per heavy atom. The maximum Gasteiger partial charge on any atom is 0.242 e. The van der Waals surface area contributed by atoms with Crippen LogP contribution in [0.1, 0.15) is 26.3 Å². The van der Waals surface area contributed by atoms with Crippen LogP contribution in [0.4, 0.5) is 0 Å². The van der Waals surface area contributed by atoms with Crippen LogP contribution in [0, 0.1) is 11.8 Å². The summed E-state index contributed by atoms with van der Waals surface area (Å²) < 4.78 is 27.2. The van der Waals surface area contributed by atoms with Gasteiger partial charge in [-0.25, -0.2) is 13.1 Å². The van der Waals surface area contributed by atoms with Crippen molar-refractivity contribution in [1.29, 1.82) is 0 Å². The summed E-state index contributed by atoms with van der Waals surface area (Å²) in [4.78, 5) is -0.0249. The normalized spacial score (nSPS) is 13.8. The fourth-order valence-electron chi connectivity index (χ4n) is 1.52. The van der Waals surface area contributed by atoms with Crippen molar-refractivity contribution in [2.45, 2.75) is 32.2 Å². The van der Waals surface area contributed by atoms with Gasteiger partial charge >= 0.3 is 0 Å². The van der Waals surface area contributed by atoms with Gasteiger partial charge in [0, 0.05) is 18.1 Å². The van der Waals surface area contributed by atoms with Crippen molar-refractivity contribution >= 4 is 33.2 Å². The van der Waals surface area contributed by atoms with Gasteiger partial charge in [-0.3, -0.25) is 0 Å². The molecule has 4 nitrogen and oxygen atoms in total. The van der Waals surface area contributed by atoms with E-state index in [1.54, 1.807) is 6.07 Å². The Balaban J connectivity index is 3.07. The van der Waals surface area contributed by atoms with E-state index in [0.29, 0.717) is 23.0 Å². The molecular formula is C13H20Cl2N2O2S. The van der Waals surface area contributed by atoms with E-state index in [1.165, 1.54) is 6.07 Å². The van der Waals surface area contributed by atoms with E-state index in [-0.39, 0.29) is 22.4 Å². The Kier molecular flexibility index (Phi) is 6.28. The van der Waals surface area contributed by atoms with Crippen molar-refractivity contribution < 1.29 is 8.42 Å². The number of nitrogens with two attached hydrogens (primary N) is 1. The molecule has 1 rings (SSSR count). The monoisotopic (exact) mass is 338 g/mol. The van der Waals surface area contributed by atoms with E-state index in [0.717, 1.165) is 0 Å². The van der Waals surface area contributed by atoms with E-state index in [1.807, 2.05) is 20.8 Å². The van der Waals surface area contributed by atoms with Crippen molar-refractivity contribution in [2.75, 3.05) is 6.54 Å². The van der Waals surface area contributed by atoms with Gasteiger partial charge in [0.15, 0.2) is 0 Å². The zero-order chi connectivity index (χ0) is 15.5. The first kappa shape index (κ1) is 17.7. The summed E-state index contributed by atoms with van der Waals surface area (Å²) >= 11 is 12.0. The highest BCUT2D eigenvalue weighted by Gasteiger charge is 2.21. The number of nitrogens with one attached hydrogen (secondary N) is 1. The molecule has 3 N–H and O–H groups in total. The Morgan fingerprint density at radius 1 is 1.25 bits per heavy atom. The summed E-state index contributed by atoms with van der Waals surface area (Å²) in [6, 6.07) is 2.91. The third-order valence-electron chi connectivity index (χ3n) is 3.32. The summed E-state index contributed by atoms with van der Waals surface area (Å²) in [5.74, 6) is 0.601. The molecule has 0 saturated carbocycles. The highest BCUT2D eigenvalue weighted by atomic mass is 35.5. The summed E-state index contributed by atoms with van der Waals surface area (Å²) in [7, 11) is -3.70. The van der Waals surface area contributed by atoms with Crippen LogP contribution in [-0.4, -0.2) is 15.0 Å². The molecule has 1 atom stereocenters. The predicted molar refractivity (Wildman–Crippen MR) is 83.5 cm³/mol. The summed E-state index contributed by atoms with van der Waals surface area (Å²) in [6.07, 6.45) is 0. The van der Waals surface area contributed by atoms with E-state index in [2.05, 4.69) is 4.72 Å². The molecule has 1 aromatic carbocycles. The van der Waals surface area contributed by atoms with Gasteiger partial charge in [-0.05, 0) is 29.5 Å². The van der Waals surface area contributed by atoms with Crippen LogP contribution in [-0.2, 0) is 16.6 Å². The molecule has 0 amide bonds. The average molecular weight is 339 g/mol. The smallest absolute Gasteiger partial charge is 0.242 e. The zero-order valence-electron chi connectivity index (χ0n) is 11.8. The lowest BCUT2D eigenvalue weighted by molar-refractivity contribution is 0.414. The van der Waals surface area contributed by atoms with E-state index in [4.69, 9.17) is 28.9 Å². The van der Waals surface area contributed by atoms with Crippen LogP contribution in [0.5, 0.6) is 0 Å². The molecular weight excluding hydrogens is 319 g/mol. The molecule has 0 aliphatic heterocycles. The first-order valence-electron chi connectivity index (χ1n) is 6.36. The van der Waals surface area contributed by atoms with Gasteiger partial charge in [0.1, 0.15) is 4.90 Å². The minimum Gasteiger partial charge on any atom is -0.326 e. The van der Waals surface area contributed by atoms with Crippen LogP contribution in [0.25, 0.3) is 0 Å². The molecule has 0 saturated heterocycles. The Morgan fingerprint density at radius 2 is 1.85 bits per heavy atom. The van der Waals surface area contributed by atoms with Gasteiger partial charge in [0.2, 0.25) is 10.0 Å². The minimum atomic E-state index is -3.70. The second-order valence-electron chi connectivity index (χ2n) is 5.15. The molecule has 0 radical (unpaired) electrons. The topological polar surface area (TPSA) is 72.2 Å². The quantitative estimate of drug-likeness (QED) is 0.837. The summed E-state index contributed by atoms with van der Waals surface area (Å²) in [6.45, 7) is 6.54. The fourth-order valence-corrected chi connectivity index (χ4v) is 3.60. The molecule has 0 aliphatic carbocycles. The van der Waals surface area contributed by atoms with Crippen LogP contribution < -0.4 is 10.5 Å². The lowest BCUT2D eigenvalue weighted by Gasteiger charge is -2.17. The van der Waals surface area contributed by atoms with Crippen LogP contribution >= 0.6 is 23.2 Å². The van der Waals surface area contributed by atoms with Crippen LogP contribution in [0.3, 0.4) is 0 Å². The van der Waals surface area contributed by atoms with E-state index < -0.39 is 10.0 Å². The number of halogens is 2. The average Bonchev–Trinajstić information content (AvgIpc) is 2.37. The van der Waals surface area contributed by atoms with Gasteiger partial charge in [0.05, 0.1) is 5.02 Å². The lowest BCUT2D eigenvalue weighted by Crippen LogP contribution is -2.30. The predicted octanol–water partition coefficient (Wildman–Crippen LogP) is 3.02. The van der Waals surface area contributed by atoms with Gasteiger partial charge in [0.25, 0.3) is 0 Å². The Bertz CT molecular complexity index is 574. The van der Waals surface area contributed by atoms with Crippen molar-refractivity contribution in [2.24, 2.45) is 17.6 Å². The van der Waals surface area contributed by atoms with Gasteiger partial charge in [-0.15, -0.1) is 0 Å². The molecule has 0 aromatic heterocycles. The summed E-state index contributed by atoms with van der Waals surface area (Å²) in [5, 5.41) is 0.425. The van der Waals surface area contributed by atoms with Crippen molar-refractivity contribution in [1.82, 2.24) is 4.72 Å².